The highest BCUT2D eigenvalue weighted by molar-refractivity contribution is 6.31. The van der Waals surface area contributed by atoms with E-state index in [1.54, 1.807) is 19.2 Å². The Kier molecular flexibility index (Phi) is 6.87. The van der Waals surface area contributed by atoms with E-state index in [1.807, 2.05) is 29.2 Å². The number of halogens is 2. The van der Waals surface area contributed by atoms with Crippen LogP contribution in [0.15, 0.2) is 47.5 Å². The van der Waals surface area contributed by atoms with Gasteiger partial charge >= 0.3 is 0 Å². The molecule has 0 spiro atoms. The smallest absolute Gasteiger partial charge is 0.227 e. The first-order valence-corrected chi connectivity index (χ1v) is 9.73. The molecule has 0 saturated carbocycles. The molecule has 2 aromatic carbocycles. The van der Waals surface area contributed by atoms with Crippen molar-refractivity contribution in [2.24, 2.45) is 4.99 Å². The van der Waals surface area contributed by atoms with E-state index in [2.05, 4.69) is 15.6 Å². The van der Waals surface area contributed by atoms with Gasteiger partial charge < -0.3 is 15.5 Å². The molecular weight excluding hydrogens is 379 g/mol. The zero-order valence-electron chi connectivity index (χ0n) is 15.8. The molecule has 0 aliphatic carbocycles. The Labute approximate surface area is 169 Å². The number of hydrogen-bond donors (Lipinski definition) is 2. The average molecular weight is 403 g/mol. The summed E-state index contributed by atoms with van der Waals surface area (Å²) >= 11 is 6.05. The Morgan fingerprint density at radius 2 is 2.00 bits per heavy atom. The Bertz CT molecular complexity index is 834. The van der Waals surface area contributed by atoms with Crippen molar-refractivity contribution in [3.8, 4) is 0 Å². The lowest BCUT2D eigenvalue weighted by Gasteiger charge is -2.16. The molecule has 1 heterocycles. The van der Waals surface area contributed by atoms with Crippen molar-refractivity contribution >= 4 is 29.2 Å². The molecule has 1 fully saturated rings. The number of rotatable bonds is 6. The third-order valence-electron chi connectivity index (χ3n) is 4.73. The number of aliphatic imine (C=N–C) groups is 1. The van der Waals surface area contributed by atoms with E-state index in [4.69, 9.17) is 11.6 Å². The third-order valence-corrected chi connectivity index (χ3v) is 5.09. The number of carbonyl (C=O) groups is 1. The number of anilines is 1. The normalized spacial score (nSPS) is 14.5. The highest BCUT2D eigenvalue weighted by Crippen LogP contribution is 2.21. The summed E-state index contributed by atoms with van der Waals surface area (Å²) in [5, 5.41) is 6.83. The van der Waals surface area contributed by atoms with E-state index in [-0.39, 0.29) is 11.7 Å². The van der Waals surface area contributed by atoms with Gasteiger partial charge in [-0.25, -0.2) is 4.39 Å². The summed E-state index contributed by atoms with van der Waals surface area (Å²) < 4.78 is 13.8. The molecule has 2 N–H and O–H groups in total. The summed E-state index contributed by atoms with van der Waals surface area (Å²) in [6.07, 6.45) is 2.01. The zero-order chi connectivity index (χ0) is 19.9. The minimum Gasteiger partial charge on any atom is -0.356 e. The lowest BCUT2D eigenvalue weighted by Crippen LogP contribution is -2.38. The quantitative estimate of drug-likeness (QED) is 0.574. The first kappa shape index (κ1) is 20.1. The molecular formula is C21H24ClFN4O. The van der Waals surface area contributed by atoms with E-state index < -0.39 is 0 Å². The fraction of sp³-hybridized carbons (Fsp3) is 0.333. The molecule has 0 aromatic heterocycles. The molecule has 3 rings (SSSR count). The van der Waals surface area contributed by atoms with Crippen molar-refractivity contribution in [1.29, 1.82) is 0 Å². The summed E-state index contributed by atoms with van der Waals surface area (Å²) in [6.45, 7) is 1.89. The van der Waals surface area contributed by atoms with Crippen molar-refractivity contribution in [3.63, 3.8) is 0 Å². The second-order valence-corrected chi connectivity index (χ2v) is 7.03. The van der Waals surface area contributed by atoms with Crippen molar-refractivity contribution in [2.75, 3.05) is 25.0 Å². The number of nitrogens with one attached hydrogen (secondary N) is 2. The van der Waals surface area contributed by atoms with Crippen LogP contribution in [0, 0.1) is 5.82 Å². The largest absolute Gasteiger partial charge is 0.356 e. The maximum absolute atomic E-state index is 13.8. The van der Waals surface area contributed by atoms with E-state index in [0.717, 1.165) is 24.2 Å². The molecule has 0 atom stereocenters. The van der Waals surface area contributed by atoms with Crippen LogP contribution in [0.4, 0.5) is 10.1 Å². The minimum absolute atomic E-state index is 0.186. The van der Waals surface area contributed by atoms with Gasteiger partial charge in [-0.3, -0.25) is 9.79 Å². The highest BCUT2D eigenvalue weighted by Gasteiger charge is 2.21. The van der Waals surface area contributed by atoms with Gasteiger partial charge in [-0.2, -0.15) is 0 Å². The van der Waals surface area contributed by atoms with E-state index in [1.165, 1.54) is 6.07 Å². The lowest BCUT2D eigenvalue weighted by atomic mass is 10.1. The predicted molar refractivity (Wildman–Crippen MR) is 111 cm³/mol. The fourth-order valence-corrected chi connectivity index (χ4v) is 3.46. The molecule has 1 aliphatic heterocycles. The van der Waals surface area contributed by atoms with Gasteiger partial charge in [-0.1, -0.05) is 29.8 Å². The molecule has 1 amide bonds. The van der Waals surface area contributed by atoms with Crippen molar-refractivity contribution < 1.29 is 9.18 Å². The second-order valence-electron chi connectivity index (χ2n) is 6.62. The average Bonchev–Trinajstić information content (AvgIpc) is 3.13. The van der Waals surface area contributed by atoms with Crippen LogP contribution >= 0.6 is 11.6 Å². The molecule has 1 saturated heterocycles. The molecule has 7 heteroatoms. The summed E-state index contributed by atoms with van der Waals surface area (Å²) in [5.41, 5.74) is 2.52. The summed E-state index contributed by atoms with van der Waals surface area (Å²) in [5.74, 6) is 0.519. The molecule has 5 nitrogen and oxygen atoms in total. The van der Waals surface area contributed by atoms with Crippen LogP contribution in [-0.2, 0) is 17.8 Å². The first-order chi connectivity index (χ1) is 13.6. The van der Waals surface area contributed by atoms with Crippen LogP contribution in [0.3, 0.4) is 0 Å². The maximum Gasteiger partial charge on any atom is 0.227 e. The van der Waals surface area contributed by atoms with Crippen LogP contribution < -0.4 is 15.5 Å². The van der Waals surface area contributed by atoms with Gasteiger partial charge in [0.05, 0.1) is 0 Å². The van der Waals surface area contributed by atoms with Gasteiger partial charge in [0.1, 0.15) is 5.82 Å². The van der Waals surface area contributed by atoms with Gasteiger partial charge in [-0.15, -0.1) is 0 Å². The number of carbonyl (C=O) groups excluding carboxylic acids is 1. The SMILES string of the molecule is CN=C(NCCc1c(F)cccc1Cl)NCc1ccc(N2CCCC2=O)cc1. The van der Waals surface area contributed by atoms with Crippen molar-refractivity contribution in [3.05, 3.63) is 64.4 Å². The standard InChI is InChI=1S/C21H24ClFN4O/c1-24-21(25-12-11-17-18(22)4-2-5-19(17)23)26-14-15-7-9-16(10-8-15)27-13-3-6-20(27)28/h2,4-5,7-10H,3,6,11-14H2,1H3,(H2,24,25,26). The maximum atomic E-state index is 13.8. The Balaban J connectivity index is 1.48. The molecule has 0 unspecified atom stereocenters. The number of guanidine groups is 1. The first-order valence-electron chi connectivity index (χ1n) is 9.35. The number of benzene rings is 2. The van der Waals surface area contributed by atoms with Crippen LogP contribution in [0.1, 0.15) is 24.0 Å². The second kappa shape index (κ2) is 9.55. The summed E-state index contributed by atoms with van der Waals surface area (Å²) in [6, 6.07) is 12.6. The summed E-state index contributed by atoms with van der Waals surface area (Å²) in [7, 11) is 1.69. The molecule has 0 radical (unpaired) electrons. The van der Waals surface area contributed by atoms with E-state index >= 15 is 0 Å². The van der Waals surface area contributed by atoms with Gasteiger partial charge in [-0.05, 0) is 42.7 Å². The molecule has 2 aromatic rings. The number of amides is 1. The number of nitrogens with zero attached hydrogens (tertiary/aromatic N) is 2. The van der Waals surface area contributed by atoms with Crippen LogP contribution in [0.2, 0.25) is 5.02 Å². The molecule has 0 bridgehead atoms. The zero-order valence-corrected chi connectivity index (χ0v) is 16.6. The fourth-order valence-electron chi connectivity index (χ4n) is 3.20. The van der Waals surface area contributed by atoms with Crippen molar-refractivity contribution in [2.45, 2.75) is 25.8 Å². The topological polar surface area (TPSA) is 56.7 Å². The number of hydrogen-bond acceptors (Lipinski definition) is 2. The lowest BCUT2D eigenvalue weighted by molar-refractivity contribution is -0.117. The monoisotopic (exact) mass is 402 g/mol. The Morgan fingerprint density at radius 3 is 2.64 bits per heavy atom. The minimum atomic E-state index is -0.297. The van der Waals surface area contributed by atoms with Crippen LogP contribution in [0.25, 0.3) is 0 Å². The molecule has 148 valence electrons. The third kappa shape index (κ3) is 5.01. The van der Waals surface area contributed by atoms with Gasteiger partial charge in [0, 0.05) is 49.4 Å². The summed E-state index contributed by atoms with van der Waals surface area (Å²) in [4.78, 5) is 17.8. The van der Waals surface area contributed by atoms with Gasteiger partial charge in [0.2, 0.25) is 5.91 Å². The van der Waals surface area contributed by atoms with E-state index in [9.17, 15) is 9.18 Å². The predicted octanol–water partition coefficient (Wildman–Crippen LogP) is 3.51. The van der Waals surface area contributed by atoms with E-state index in [0.29, 0.717) is 42.5 Å². The highest BCUT2D eigenvalue weighted by atomic mass is 35.5. The van der Waals surface area contributed by atoms with Crippen LogP contribution in [0.5, 0.6) is 0 Å². The van der Waals surface area contributed by atoms with Crippen molar-refractivity contribution in [1.82, 2.24) is 10.6 Å². The van der Waals surface area contributed by atoms with Gasteiger partial charge in [0.25, 0.3) is 0 Å². The van der Waals surface area contributed by atoms with Gasteiger partial charge in [0.15, 0.2) is 5.96 Å². The Morgan fingerprint density at radius 1 is 1.21 bits per heavy atom. The van der Waals surface area contributed by atoms with Crippen LogP contribution in [-0.4, -0.2) is 32.0 Å². The Hall–Kier alpha value is -2.60. The molecule has 28 heavy (non-hydrogen) atoms. The molecule has 1 aliphatic rings.